The van der Waals surface area contributed by atoms with E-state index in [0.29, 0.717) is 35.6 Å². The summed E-state index contributed by atoms with van der Waals surface area (Å²) in [6, 6.07) is 13.6. The lowest BCUT2D eigenvalue weighted by Gasteiger charge is -2.27. The molecule has 8 nitrogen and oxygen atoms in total. The fourth-order valence-corrected chi connectivity index (χ4v) is 7.22. The number of nitrogens with zero attached hydrogens (tertiary/aromatic N) is 1. The molecule has 0 spiro atoms. The maximum absolute atomic E-state index is 13.4. The smallest absolute Gasteiger partial charge is 0.343 e. The van der Waals surface area contributed by atoms with Gasteiger partial charge in [0.2, 0.25) is 0 Å². The molecule has 42 heavy (non-hydrogen) atoms. The number of hydrogen-bond donors (Lipinski definition) is 2. The first-order valence-electron chi connectivity index (χ1n) is 15.2. The number of hydrogen-bond acceptors (Lipinski definition) is 7. The molecule has 5 rings (SSSR count). The molecule has 2 unspecified atom stereocenters. The first-order chi connectivity index (χ1) is 20.2. The maximum Gasteiger partial charge on any atom is 0.343 e. The zero-order valence-corrected chi connectivity index (χ0v) is 25.6. The Kier molecular flexibility index (Phi) is 9.28. The van der Waals surface area contributed by atoms with Gasteiger partial charge in [0.15, 0.2) is 0 Å². The first kappa shape index (κ1) is 30.2. The molecular weight excluding hydrogens is 552 g/mol. The third kappa shape index (κ3) is 6.68. The Balaban J connectivity index is 1.42. The van der Waals surface area contributed by atoms with Crippen LogP contribution in [0.1, 0.15) is 87.7 Å². The monoisotopic (exact) mass is 594 g/mol. The van der Waals surface area contributed by atoms with Crippen LogP contribution in [0, 0.1) is 5.92 Å². The standard InChI is InChI=1S/C33H42N2O6S/c1-4-35(5-2)22(3)40-26-14-11-15-27(21-26)42(38,39)34-25-13-10-12-24(20-25)30(23-18-19-23)31-32(36)28-16-8-6-7-9-17-29(28)41-33(31)37/h10-15,20-23,30,34,36H,4-9,16-19H2,1-3H3. The number of fused-ring (bicyclic) bond motifs is 1. The summed E-state index contributed by atoms with van der Waals surface area (Å²) in [4.78, 5) is 15.5. The molecule has 0 bridgehead atoms. The Morgan fingerprint density at radius 3 is 2.45 bits per heavy atom. The lowest BCUT2D eigenvalue weighted by Crippen LogP contribution is -2.36. The molecule has 2 aromatic carbocycles. The Morgan fingerprint density at radius 2 is 1.74 bits per heavy atom. The highest BCUT2D eigenvalue weighted by atomic mass is 32.2. The van der Waals surface area contributed by atoms with Crippen LogP contribution in [0.3, 0.4) is 0 Å². The van der Waals surface area contributed by atoms with Gasteiger partial charge >= 0.3 is 5.63 Å². The van der Waals surface area contributed by atoms with E-state index in [0.717, 1.165) is 62.7 Å². The maximum atomic E-state index is 13.4. The summed E-state index contributed by atoms with van der Waals surface area (Å²) in [7, 11) is -3.92. The molecule has 1 heterocycles. The molecule has 0 saturated heterocycles. The van der Waals surface area contributed by atoms with Crippen LogP contribution in [0.4, 0.5) is 5.69 Å². The molecule has 2 aliphatic rings. The van der Waals surface area contributed by atoms with E-state index in [1.165, 1.54) is 12.1 Å². The number of sulfonamides is 1. The normalized spacial score (nSPS) is 17.1. The summed E-state index contributed by atoms with van der Waals surface area (Å²) < 4.78 is 41.4. The van der Waals surface area contributed by atoms with Crippen molar-refractivity contribution >= 4 is 15.7 Å². The lowest BCUT2D eigenvalue weighted by molar-refractivity contribution is 0.0479. The number of aromatic hydroxyl groups is 1. The van der Waals surface area contributed by atoms with Gasteiger partial charge in [-0.15, -0.1) is 0 Å². The second-order valence-electron chi connectivity index (χ2n) is 11.4. The van der Waals surface area contributed by atoms with Crippen molar-refractivity contribution in [2.24, 2.45) is 5.92 Å². The predicted molar refractivity (Wildman–Crippen MR) is 164 cm³/mol. The summed E-state index contributed by atoms with van der Waals surface area (Å²) >= 11 is 0. The lowest BCUT2D eigenvalue weighted by atomic mass is 9.85. The van der Waals surface area contributed by atoms with Crippen molar-refractivity contribution in [1.82, 2.24) is 4.90 Å². The average Bonchev–Trinajstić information content (AvgIpc) is 3.78. The van der Waals surface area contributed by atoms with Crippen molar-refractivity contribution in [2.45, 2.75) is 89.2 Å². The fourth-order valence-electron chi connectivity index (χ4n) is 6.13. The number of benzene rings is 2. The van der Waals surface area contributed by atoms with Gasteiger partial charge in [0.1, 0.15) is 23.5 Å². The van der Waals surface area contributed by atoms with Gasteiger partial charge in [-0.25, -0.2) is 13.2 Å². The number of anilines is 1. The van der Waals surface area contributed by atoms with Crippen LogP contribution in [0.5, 0.6) is 11.5 Å². The predicted octanol–water partition coefficient (Wildman–Crippen LogP) is 6.41. The van der Waals surface area contributed by atoms with Crippen LogP contribution in [0.2, 0.25) is 0 Å². The number of rotatable bonds is 11. The van der Waals surface area contributed by atoms with Crippen LogP contribution < -0.4 is 15.1 Å². The van der Waals surface area contributed by atoms with Crippen molar-refractivity contribution in [2.75, 3.05) is 17.8 Å². The molecular formula is C33H42N2O6S. The minimum absolute atomic E-state index is 0.0572. The van der Waals surface area contributed by atoms with E-state index in [-0.39, 0.29) is 28.7 Å². The van der Waals surface area contributed by atoms with Crippen molar-refractivity contribution in [3.63, 3.8) is 0 Å². The summed E-state index contributed by atoms with van der Waals surface area (Å²) in [6.07, 6.45) is 7.05. The molecule has 2 N–H and O–H groups in total. The summed E-state index contributed by atoms with van der Waals surface area (Å²) in [5, 5.41) is 11.4. The molecule has 9 heteroatoms. The Bertz CT molecular complexity index is 1560. The second-order valence-corrected chi connectivity index (χ2v) is 13.1. The zero-order chi connectivity index (χ0) is 29.9. The van der Waals surface area contributed by atoms with Crippen molar-refractivity contribution in [3.05, 3.63) is 81.4 Å². The summed E-state index contributed by atoms with van der Waals surface area (Å²) in [6.45, 7) is 7.69. The van der Waals surface area contributed by atoms with Crippen molar-refractivity contribution in [1.29, 1.82) is 0 Å². The van der Waals surface area contributed by atoms with Gasteiger partial charge in [-0.3, -0.25) is 9.62 Å². The van der Waals surface area contributed by atoms with E-state index < -0.39 is 15.6 Å². The summed E-state index contributed by atoms with van der Waals surface area (Å²) in [5.74, 6) is 0.941. The van der Waals surface area contributed by atoms with Gasteiger partial charge in [0.25, 0.3) is 10.0 Å². The highest BCUT2D eigenvalue weighted by molar-refractivity contribution is 7.92. The quantitative estimate of drug-likeness (QED) is 0.247. The molecule has 1 saturated carbocycles. The molecule has 0 radical (unpaired) electrons. The van der Waals surface area contributed by atoms with E-state index in [1.807, 2.05) is 13.0 Å². The first-order valence-corrected chi connectivity index (χ1v) is 16.7. The van der Waals surface area contributed by atoms with Gasteiger partial charge < -0.3 is 14.3 Å². The molecule has 3 aromatic rings. The molecule has 2 atom stereocenters. The third-order valence-corrected chi connectivity index (χ3v) is 9.92. The molecule has 0 aliphatic heterocycles. The molecule has 0 amide bonds. The van der Waals surface area contributed by atoms with Crippen molar-refractivity contribution in [3.8, 4) is 11.5 Å². The van der Waals surface area contributed by atoms with Crippen molar-refractivity contribution < 1.29 is 22.7 Å². The largest absolute Gasteiger partial charge is 0.507 e. The molecule has 1 fully saturated rings. The van der Waals surface area contributed by atoms with E-state index in [2.05, 4.69) is 23.5 Å². The Morgan fingerprint density at radius 1 is 1.02 bits per heavy atom. The number of ether oxygens (including phenoxy) is 1. The average molecular weight is 595 g/mol. The van der Waals surface area contributed by atoms with Crippen LogP contribution in [0.25, 0.3) is 0 Å². The van der Waals surface area contributed by atoms with E-state index in [4.69, 9.17) is 9.15 Å². The van der Waals surface area contributed by atoms with Crippen LogP contribution in [-0.2, 0) is 22.9 Å². The van der Waals surface area contributed by atoms with Crippen LogP contribution >= 0.6 is 0 Å². The minimum atomic E-state index is -3.92. The van der Waals surface area contributed by atoms with Gasteiger partial charge in [-0.05, 0) is 87.9 Å². The van der Waals surface area contributed by atoms with Gasteiger partial charge in [0, 0.05) is 29.7 Å². The number of aryl methyl sites for hydroxylation is 1. The minimum Gasteiger partial charge on any atom is -0.507 e. The van der Waals surface area contributed by atoms with E-state index >= 15 is 0 Å². The third-order valence-electron chi connectivity index (χ3n) is 8.55. The molecule has 226 valence electrons. The number of nitrogens with one attached hydrogen (secondary N) is 1. The Labute approximate surface area is 248 Å². The highest BCUT2D eigenvalue weighted by Crippen LogP contribution is 2.49. The van der Waals surface area contributed by atoms with Crippen LogP contribution in [0.15, 0.2) is 62.6 Å². The molecule has 1 aromatic heterocycles. The second kappa shape index (κ2) is 12.9. The fraction of sp³-hybridized carbons (Fsp3) is 0.485. The topological polar surface area (TPSA) is 109 Å². The van der Waals surface area contributed by atoms with Gasteiger partial charge in [-0.2, -0.15) is 0 Å². The highest BCUT2D eigenvalue weighted by Gasteiger charge is 2.38. The molecule has 2 aliphatic carbocycles. The van der Waals surface area contributed by atoms with Crippen LogP contribution in [-0.4, -0.2) is 37.7 Å². The SMILES string of the molecule is CCN(CC)C(C)Oc1cccc(S(=O)(=O)Nc2cccc(C(c3c(O)c4c(oc3=O)CCCCCC4)C3CC3)c2)c1. The zero-order valence-electron chi connectivity index (χ0n) is 24.8. The van der Waals surface area contributed by atoms with Gasteiger partial charge in [-0.1, -0.05) is 44.9 Å². The van der Waals surface area contributed by atoms with E-state index in [1.54, 1.807) is 30.3 Å². The summed E-state index contributed by atoms with van der Waals surface area (Å²) in [5.41, 5.74) is 1.71. The van der Waals surface area contributed by atoms with Gasteiger partial charge in [0.05, 0.1) is 10.5 Å². The van der Waals surface area contributed by atoms with E-state index in [9.17, 15) is 18.3 Å². The Hall–Kier alpha value is -3.30.